The first-order valence-corrected chi connectivity index (χ1v) is 6.13. The van der Waals surface area contributed by atoms with Crippen molar-refractivity contribution in [3.63, 3.8) is 0 Å². The van der Waals surface area contributed by atoms with Gasteiger partial charge in [-0.05, 0) is 12.8 Å². The Balaban J connectivity index is 3.37. The molecule has 0 bridgehead atoms. The maximum Gasteiger partial charge on any atom is 0.335 e. The number of carbonyl (C=O) groups is 1. The molecule has 94 valence electrons. The monoisotopic (exact) mass is 228 g/mol. The largest absolute Gasteiger partial charge is 0.467 e. The van der Waals surface area contributed by atoms with E-state index in [0.717, 1.165) is 6.42 Å². The van der Waals surface area contributed by atoms with Crippen molar-refractivity contribution in [1.82, 2.24) is 0 Å². The highest BCUT2D eigenvalue weighted by molar-refractivity contribution is 5.74. The van der Waals surface area contributed by atoms with Crippen LogP contribution in [0.5, 0.6) is 0 Å². The molecule has 1 atom stereocenters. The molecule has 0 aromatic heterocycles. The summed E-state index contributed by atoms with van der Waals surface area (Å²) in [4.78, 5) is 10.8. The molecule has 0 radical (unpaired) electrons. The van der Waals surface area contributed by atoms with E-state index in [-0.39, 0.29) is 0 Å². The molecule has 0 aromatic rings. The van der Waals surface area contributed by atoms with Gasteiger partial charge < -0.3 is 9.84 Å². The van der Waals surface area contributed by atoms with Gasteiger partial charge in [-0.2, -0.15) is 0 Å². The third-order valence-electron chi connectivity index (χ3n) is 2.47. The van der Waals surface area contributed by atoms with E-state index >= 15 is 0 Å². The molecule has 1 unspecified atom stereocenters. The van der Waals surface area contributed by atoms with Gasteiger partial charge in [-0.3, -0.25) is 0 Å². The van der Waals surface area contributed by atoms with Crippen LogP contribution in [0.3, 0.4) is 0 Å². The molecule has 0 rings (SSSR count). The van der Waals surface area contributed by atoms with Gasteiger partial charge in [-0.15, -0.1) is 0 Å². The van der Waals surface area contributed by atoms with Crippen LogP contribution in [0, 0.1) is 0 Å². The van der Waals surface area contributed by atoms with Crippen molar-refractivity contribution in [3.8, 4) is 0 Å². The summed E-state index contributed by atoms with van der Waals surface area (Å²) in [6.07, 6.45) is 10.6. The molecule has 0 saturated carbocycles. The first-order valence-electron chi connectivity index (χ1n) is 6.13. The van der Waals surface area contributed by atoms with Crippen LogP contribution in [0.1, 0.15) is 51.9 Å². The van der Waals surface area contributed by atoms with E-state index in [0.29, 0.717) is 6.42 Å². The molecule has 0 aliphatic heterocycles. The lowest BCUT2D eigenvalue weighted by Gasteiger charge is -2.03. The quantitative estimate of drug-likeness (QED) is 0.375. The van der Waals surface area contributed by atoms with Crippen molar-refractivity contribution >= 4 is 5.97 Å². The van der Waals surface area contributed by atoms with Crippen LogP contribution >= 0.6 is 0 Å². The van der Waals surface area contributed by atoms with Crippen LogP contribution in [-0.2, 0) is 9.53 Å². The lowest BCUT2D eigenvalue weighted by Crippen LogP contribution is -2.20. The Bertz CT molecular complexity index is 199. The molecule has 0 spiro atoms. The Morgan fingerprint density at radius 2 is 1.94 bits per heavy atom. The van der Waals surface area contributed by atoms with Crippen LogP contribution < -0.4 is 0 Å². The van der Waals surface area contributed by atoms with E-state index in [1.54, 1.807) is 0 Å². The zero-order valence-corrected chi connectivity index (χ0v) is 10.4. The molecule has 0 aliphatic rings. The molecule has 16 heavy (non-hydrogen) atoms. The van der Waals surface area contributed by atoms with Gasteiger partial charge in [0.05, 0.1) is 7.11 Å². The van der Waals surface area contributed by atoms with Gasteiger partial charge in [0.2, 0.25) is 0 Å². The van der Waals surface area contributed by atoms with Crippen molar-refractivity contribution in [2.75, 3.05) is 7.11 Å². The summed E-state index contributed by atoms with van der Waals surface area (Å²) in [5, 5.41) is 9.26. The lowest BCUT2D eigenvalue weighted by atomic mass is 10.1. The lowest BCUT2D eigenvalue weighted by molar-refractivity contribution is -0.150. The Kier molecular flexibility index (Phi) is 10.1. The predicted molar refractivity (Wildman–Crippen MR) is 65.2 cm³/mol. The Labute approximate surface area is 98.5 Å². The number of esters is 1. The van der Waals surface area contributed by atoms with Crippen molar-refractivity contribution in [2.45, 2.75) is 58.0 Å². The van der Waals surface area contributed by atoms with E-state index in [9.17, 15) is 9.90 Å². The number of hydrogen-bond acceptors (Lipinski definition) is 3. The second-order valence-corrected chi connectivity index (χ2v) is 3.95. The van der Waals surface area contributed by atoms with Crippen molar-refractivity contribution in [1.29, 1.82) is 0 Å². The van der Waals surface area contributed by atoms with Crippen LogP contribution in [0.25, 0.3) is 0 Å². The van der Waals surface area contributed by atoms with Crippen molar-refractivity contribution in [3.05, 3.63) is 12.2 Å². The number of allylic oxidation sites excluding steroid dienone is 1. The highest BCUT2D eigenvalue weighted by Crippen LogP contribution is 2.06. The molecule has 3 heteroatoms. The van der Waals surface area contributed by atoms with Crippen LogP contribution in [0.4, 0.5) is 0 Å². The van der Waals surface area contributed by atoms with Gasteiger partial charge in [0, 0.05) is 6.42 Å². The number of aliphatic hydroxyl groups is 1. The molecular weight excluding hydrogens is 204 g/mol. The van der Waals surface area contributed by atoms with Gasteiger partial charge >= 0.3 is 5.97 Å². The maximum atomic E-state index is 10.8. The maximum absolute atomic E-state index is 10.8. The predicted octanol–water partition coefficient (Wildman–Crippen LogP) is 2.83. The minimum Gasteiger partial charge on any atom is -0.467 e. The fourth-order valence-corrected chi connectivity index (χ4v) is 1.44. The van der Waals surface area contributed by atoms with Gasteiger partial charge in [-0.1, -0.05) is 44.8 Å². The summed E-state index contributed by atoms with van der Waals surface area (Å²) in [6.45, 7) is 2.20. The second-order valence-electron chi connectivity index (χ2n) is 3.95. The minimum absolute atomic E-state index is 0.349. The number of hydrogen-bond donors (Lipinski definition) is 1. The molecule has 0 amide bonds. The first kappa shape index (κ1) is 15.2. The topological polar surface area (TPSA) is 46.5 Å². The smallest absolute Gasteiger partial charge is 0.335 e. The van der Waals surface area contributed by atoms with Gasteiger partial charge in [0.15, 0.2) is 6.10 Å². The fraction of sp³-hybridized carbons (Fsp3) is 0.769. The molecule has 0 aliphatic carbocycles. The molecule has 0 heterocycles. The van der Waals surface area contributed by atoms with Crippen molar-refractivity contribution in [2.24, 2.45) is 0 Å². The third-order valence-corrected chi connectivity index (χ3v) is 2.47. The number of aliphatic hydroxyl groups excluding tert-OH is 1. The summed E-state index contributed by atoms with van der Waals surface area (Å²) < 4.78 is 4.41. The van der Waals surface area contributed by atoms with E-state index in [2.05, 4.69) is 11.7 Å². The van der Waals surface area contributed by atoms with Gasteiger partial charge in [0.1, 0.15) is 0 Å². The zero-order valence-electron chi connectivity index (χ0n) is 10.4. The Hall–Kier alpha value is -0.830. The molecule has 0 fully saturated rings. The number of methoxy groups -OCH3 is 1. The van der Waals surface area contributed by atoms with Gasteiger partial charge in [0.25, 0.3) is 0 Å². The van der Waals surface area contributed by atoms with E-state index in [4.69, 9.17) is 0 Å². The summed E-state index contributed by atoms with van der Waals surface area (Å²) in [6, 6.07) is 0. The second kappa shape index (κ2) is 10.7. The summed E-state index contributed by atoms with van der Waals surface area (Å²) >= 11 is 0. The molecule has 3 nitrogen and oxygen atoms in total. The number of carbonyl (C=O) groups excluding carboxylic acids is 1. The highest BCUT2D eigenvalue weighted by atomic mass is 16.5. The molecule has 1 N–H and O–H groups in total. The van der Waals surface area contributed by atoms with Crippen LogP contribution in [0.15, 0.2) is 12.2 Å². The zero-order chi connectivity index (χ0) is 12.2. The SMILES string of the molecule is CCCCCCCC=CCC(O)C(=O)OC. The number of ether oxygens (including phenoxy) is 1. The van der Waals surface area contributed by atoms with E-state index < -0.39 is 12.1 Å². The van der Waals surface area contributed by atoms with E-state index in [1.165, 1.54) is 39.2 Å². The standard InChI is InChI=1S/C13H24O3/c1-3-4-5-6-7-8-9-10-11-12(14)13(15)16-2/h9-10,12,14H,3-8,11H2,1-2H3. The normalized spacial score (nSPS) is 12.9. The summed E-state index contributed by atoms with van der Waals surface area (Å²) in [5.41, 5.74) is 0. The first-order chi connectivity index (χ1) is 7.72. The molecule has 0 aromatic carbocycles. The van der Waals surface area contributed by atoms with Gasteiger partial charge in [-0.25, -0.2) is 4.79 Å². The van der Waals surface area contributed by atoms with E-state index in [1.807, 2.05) is 12.2 Å². The average molecular weight is 228 g/mol. The van der Waals surface area contributed by atoms with Crippen LogP contribution in [0.2, 0.25) is 0 Å². The van der Waals surface area contributed by atoms with Crippen molar-refractivity contribution < 1.29 is 14.6 Å². The summed E-state index contributed by atoms with van der Waals surface area (Å²) in [7, 11) is 1.28. The Morgan fingerprint density at radius 3 is 2.56 bits per heavy atom. The summed E-state index contributed by atoms with van der Waals surface area (Å²) in [5.74, 6) is -0.562. The number of unbranched alkanes of at least 4 members (excludes halogenated alkanes) is 5. The number of rotatable bonds is 9. The fourth-order valence-electron chi connectivity index (χ4n) is 1.44. The van der Waals surface area contributed by atoms with Crippen LogP contribution in [-0.4, -0.2) is 24.3 Å². The average Bonchev–Trinajstić information content (AvgIpc) is 2.31. The third kappa shape index (κ3) is 8.48. The molecular formula is C13H24O3. The minimum atomic E-state index is -1.01. The highest BCUT2D eigenvalue weighted by Gasteiger charge is 2.12. The molecule has 0 saturated heterocycles. The Morgan fingerprint density at radius 1 is 1.25 bits per heavy atom.